The Kier molecular flexibility index (Phi) is 4.58. The Labute approximate surface area is 119 Å². The summed E-state index contributed by atoms with van der Waals surface area (Å²) in [6, 6.07) is 0. The molecular formula is C15H31NO2Si. The molecule has 1 amide bonds. The van der Waals surface area contributed by atoms with Gasteiger partial charge in [0.05, 0.1) is 6.10 Å². The molecule has 0 N–H and O–H groups in total. The van der Waals surface area contributed by atoms with Crippen LogP contribution < -0.4 is 0 Å². The highest BCUT2D eigenvalue weighted by molar-refractivity contribution is 6.74. The van der Waals surface area contributed by atoms with Crippen LogP contribution in [0.3, 0.4) is 0 Å². The lowest BCUT2D eigenvalue weighted by Gasteiger charge is -2.38. The van der Waals surface area contributed by atoms with Gasteiger partial charge in [-0.3, -0.25) is 4.79 Å². The Balaban J connectivity index is 2.61. The van der Waals surface area contributed by atoms with Crippen molar-refractivity contribution in [1.29, 1.82) is 0 Å². The number of rotatable bonds is 2. The van der Waals surface area contributed by atoms with Gasteiger partial charge < -0.3 is 9.33 Å². The first-order valence-electron chi connectivity index (χ1n) is 7.32. The Bertz CT molecular complexity index is 339. The molecule has 1 atom stereocenters. The molecule has 1 saturated heterocycles. The number of hydrogen-bond acceptors (Lipinski definition) is 2. The standard InChI is InChI=1S/C15H31NO2Si/c1-14(2,3)13(17)16-10-9-12(11-16)18-19(7,8)15(4,5)6/h12H,9-11H2,1-8H3/t12-/m0/s1. The third-order valence-corrected chi connectivity index (χ3v) is 8.88. The van der Waals surface area contributed by atoms with Crippen molar-refractivity contribution >= 4 is 14.2 Å². The second-order valence-corrected chi connectivity index (χ2v) is 13.0. The molecular weight excluding hydrogens is 254 g/mol. The predicted octanol–water partition coefficient (Wildman–Crippen LogP) is 3.66. The second kappa shape index (κ2) is 5.21. The van der Waals surface area contributed by atoms with Crippen molar-refractivity contribution in [3.8, 4) is 0 Å². The number of hydrogen-bond donors (Lipinski definition) is 0. The van der Waals surface area contributed by atoms with E-state index in [0.29, 0.717) is 0 Å². The maximum atomic E-state index is 12.3. The van der Waals surface area contributed by atoms with E-state index in [2.05, 4.69) is 33.9 Å². The first kappa shape index (κ1) is 16.7. The molecule has 1 aliphatic rings. The van der Waals surface area contributed by atoms with Gasteiger partial charge in [0.15, 0.2) is 8.32 Å². The monoisotopic (exact) mass is 285 g/mol. The van der Waals surface area contributed by atoms with Crippen molar-refractivity contribution in [2.24, 2.45) is 5.41 Å². The number of likely N-dealkylation sites (tertiary alicyclic amines) is 1. The van der Waals surface area contributed by atoms with Crippen LogP contribution in [-0.4, -0.2) is 38.3 Å². The number of amides is 1. The van der Waals surface area contributed by atoms with E-state index in [1.807, 2.05) is 25.7 Å². The van der Waals surface area contributed by atoms with E-state index in [0.717, 1.165) is 19.5 Å². The molecule has 112 valence electrons. The molecule has 19 heavy (non-hydrogen) atoms. The molecule has 1 heterocycles. The number of nitrogens with zero attached hydrogens (tertiary/aromatic N) is 1. The van der Waals surface area contributed by atoms with Crippen LogP contribution in [-0.2, 0) is 9.22 Å². The Morgan fingerprint density at radius 2 is 1.68 bits per heavy atom. The summed E-state index contributed by atoms with van der Waals surface area (Å²) in [7, 11) is -1.72. The third-order valence-electron chi connectivity index (χ3n) is 4.34. The summed E-state index contributed by atoms with van der Waals surface area (Å²) in [5.41, 5.74) is -0.286. The molecule has 0 unspecified atom stereocenters. The highest BCUT2D eigenvalue weighted by atomic mass is 28.4. The van der Waals surface area contributed by atoms with Crippen LogP contribution >= 0.6 is 0 Å². The minimum absolute atomic E-state index is 0.229. The largest absolute Gasteiger partial charge is 0.412 e. The van der Waals surface area contributed by atoms with E-state index in [9.17, 15) is 4.79 Å². The van der Waals surface area contributed by atoms with Crippen LogP contribution in [0.1, 0.15) is 48.0 Å². The van der Waals surface area contributed by atoms with Crippen LogP contribution in [0.4, 0.5) is 0 Å². The summed E-state index contributed by atoms with van der Waals surface area (Å²) in [6.07, 6.45) is 1.21. The average molecular weight is 286 g/mol. The van der Waals surface area contributed by atoms with Crippen molar-refractivity contribution in [3.05, 3.63) is 0 Å². The lowest BCUT2D eigenvalue weighted by Crippen LogP contribution is -2.45. The molecule has 1 fully saturated rings. The fourth-order valence-corrected chi connectivity index (χ4v) is 3.46. The number of carbonyl (C=O) groups excluding carboxylic acids is 1. The molecule has 3 nitrogen and oxygen atoms in total. The van der Waals surface area contributed by atoms with Gasteiger partial charge in [-0.1, -0.05) is 41.5 Å². The molecule has 0 aromatic rings. The van der Waals surface area contributed by atoms with Gasteiger partial charge in [-0.05, 0) is 24.6 Å². The fraction of sp³-hybridized carbons (Fsp3) is 0.933. The van der Waals surface area contributed by atoms with Gasteiger partial charge in [-0.15, -0.1) is 0 Å². The smallest absolute Gasteiger partial charge is 0.228 e. The highest BCUT2D eigenvalue weighted by Crippen LogP contribution is 2.38. The normalized spacial score (nSPS) is 21.9. The van der Waals surface area contributed by atoms with Crippen LogP contribution in [0.5, 0.6) is 0 Å². The molecule has 0 aromatic heterocycles. The van der Waals surface area contributed by atoms with Gasteiger partial charge in [-0.25, -0.2) is 0 Å². The summed E-state index contributed by atoms with van der Waals surface area (Å²) in [5.74, 6) is 0.244. The lowest BCUT2D eigenvalue weighted by molar-refractivity contribution is -0.138. The van der Waals surface area contributed by atoms with E-state index >= 15 is 0 Å². The molecule has 0 bridgehead atoms. The summed E-state index contributed by atoms with van der Waals surface area (Å²) in [4.78, 5) is 14.2. The van der Waals surface area contributed by atoms with E-state index in [1.54, 1.807) is 0 Å². The zero-order valence-electron chi connectivity index (χ0n) is 14.0. The van der Waals surface area contributed by atoms with Crippen molar-refractivity contribution in [1.82, 2.24) is 4.90 Å². The molecule has 0 spiro atoms. The van der Waals surface area contributed by atoms with Gasteiger partial charge in [0.1, 0.15) is 0 Å². The Morgan fingerprint density at radius 3 is 2.11 bits per heavy atom. The lowest BCUT2D eigenvalue weighted by atomic mass is 9.95. The van der Waals surface area contributed by atoms with E-state index in [1.165, 1.54) is 0 Å². The summed E-state index contributed by atoms with van der Waals surface area (Å²) < 4.78 is 6.40. The van der Waals surface area contributed by atoms with Gasteiger partial charge in [0, 0.05) is 18.5 Å². The summed E-state index contributed by atoms with van der Waals surface area (Å²) >= 11 is 0. The van der Waals surface area contributed by atoms with E-state index in [4.69, 9.17) is 4.43 Å². The molecule has 0 radical (unpaired) electrons. The van der Waals surface area contributed by atoms with Gasteiger partial charge >= 0.3 is 0 Å². The van der Waals surface area contributed by atoms with Crippen LogP contribution in [0.15, 0.2) is 0 Å². The van der Waals surface area contributed by atoms with Crippen LogP contribution in [0.25, 0.3) is 0 Å². The molecule has 1 aliphatic heterocycles. The van der Waals surface area contributed by atoms with Crippen molar-refractivity contribution < 1.29 is 9.22 Å². The van der Waals surface area contributed by atoms with Gasteiger partial charge in [0.25, 0.3) is 0 Å². The average Bonchev–Trinajstić information content (AvgIpc) is 2.60. The molecule has 1 rings (SSSR count). The third kappa shape index (κ3) is 4.05. The second-order valence-electron chi connectivity index (χ2n) is 8.29. The fourth-order valence-electron chi connectivity index (χ4n) is 2.08. The summed E-state index contributed by atoms with van der Waals surface area (Å²) in [6.45, 7) is 18.9. The van der Waals surface area contributed by atoms with Crippen molar-refractivity contribution in [3.63, 3.8) is 0 Å². The topological polar surface area (TPSA) is 29.5 Å². The highest BCUT2D eigenvalue weighted by Gasteiger charge is 2.41. The van der Waals surface area contributed by atoms with Crippen molar-refractivity contribution in [2.45, 2.75) is 72.2 Å². The van der Waals surface area contributed by atoms with E-state index < -0.39 is 8.32 Å². The minimum Gasteiger partial charge on any atom is -0.412 e. The molecule has 0 aliphatic carbocycles. The molecule has 0 aromatic carbocycles. The maximum Gasteiger partial charge on any atom is 0.228 e. The van der Waals surface area contributed by atoms with E-state index in [-0.39, 0.29) is 22.5 Å². The minimum atomic E-state index is -1.72. The number of carbonyl (C=O) groups is 1. The van der Waals surface area contributed by atoms with Crippen LogP contribution in [0, 0.1) is 5.41 Å². The molecule has 0 saturated carbocycles. The predicted molar refractivity (Wildman–Crippen MR) is 82.7 cm³/mol. The molecule has 4 heteroatoms. The Hall–Kier alpha value is -0.353. The first-order valence-corrected chi connectivity index (χ1v) is 10.2. The summed E-state index contributed by atoms with van der Waals surface area (Å²) in [5, 5.41) is 0.231. The first-order chi connectivity index (χ1) is 8.34. The zero-order valence-corrected chi connectivity index (χ0v) is 15.0. The maximum absolute atomic E-state index is 12.3. The van der Waals surface area contributed by atoms with Gasteiger partial charge in [-0.2, -0.15) is 0 Å². The zero-order chi connectivity index (χ0) is 15.1. The van der Waals surface area contributed by atoms with Crippen molar-refractivity contribution in [2.75, 3.05) is 13.1 Å². The SMILES string of the molecule is CC(C)(C)C(=O)N1CC[C@H](O[Si](C)(C)C(C)(C)C)C1. The Morgan fingerprint density at radius 1 is 1.16 bits per heavy atom. The quantitative estimate of drug-likeness (QED) is 0.725. The van der Waals surface area contributed by atoms with Crippen LogP contribution in [0.2, 0.25) is 18.1 Å². The van der Waals surface area contributed by atoms with Gasteiger partial charge in [0.2, 0.25) is 5.91 Å².